The van der Waals surface area contributed by atoms with Crippen LogP contribution in [0.5, 0.6) is 0 Å². The van der Waals surface area contributed by atoms with Gasteiger partial charge in [0.2, 0.25) is 0 Å². The Morgan fingerprint density at radius 2 is 2.25 bits per heavy atom. The molecule has 16 heavy (non-hydrogen) atoms. The van der Waals surface area contributed by atoms with Crippen LogP contribution in [0.1, 0.15) is 32.6 Å². The molecule has 3 heteroatoms. The molecule has 0 bridgehead atoms. The Kier molecular flexibility index (Phi) is 7.81. The molecule has 1 saturated heterocycles. The van der Waals surface area contributed by atoms with Gasteiger partial charge in [-0.1, -0.05) is 6.92 Å². The number of ether oxygens (including phenoxy) is 1. The summed E-state index contributed by atoms with van der Waals surface area (Å²) >= 11 is 0. The SMILES string of the molecule is CCCNCCCN(C)CC1CCCOC1. The minimum absolute atomic E-state index is 0.766. The van der Waals surface area contributed by atoms with Crippen LogP contribution in [0.4, 0.5) is 0 Å². The zero-order valence-corrected chi connectivity index (χ0v) is 11.0. The molecule has 0 saturated carbocycles. The van der Waals surface area contributed by atoms with Crippen molar-refractivity contribution in [3.05, 3.63) is 0 Å². The summed E-state index contributed by atoms with van der Waals surface area (Å²) in [5, 5.41) is 3.44. The number of rotatable bonds is 8. The molecule has 1 aliphatic rings. The van der Waals surface area contributed by atoms with Gasteiger partial charge in [0.15, 0.2) is 0 Å². The van der Waals surface area contributed by atoms with Gasteiger partial charge in [0.05, 0.1) is 6.61 Å². The fourth-order valence-electron chi connectivity index (χ4n) is 2.26. The molecule has 0 radical (unpaired) electrons. The van der Waals surface area contributed by atoms with Crippen LogP contribution < -0.4 is 5.32 Å². The molecule has 0 aliphatic carbocycles. The summed E-state index contributed by atoms with van der Waals surface area (Å²) in [5.74, 6) is 0.766. The van der Waals surface area contributed by atoms with Crippen molar-refractivity contribution in [1.82, 2.24) is 10.2 Å². The largest absolute Gasteiger partial charge is 0.381 e. The van der Waals surface area contributed by atoms with Crippen LogP contribution in [-0.2, 0) is 4.74 Å². The van der Waals surface area contributed by atoms with Gasteiger partial charge in [-0.25, -0.2) is 0 Å². The lowest BCUT2D eigenvalue weighted by Crippen LogP contribution is -2.32. The van der Waals surface area contributed by atoms with Crippen LogP contribution in [-0.4, -0.2) is 51.3 Å². The average molecular weight is 228 g/mol. The maximum Gasteiger partial charge on any atom is 0.0506 e. The van der Waals surface area contributed by atoms with E-state index in [0.29, 0.717) is 0 Å². The van der Waals surface area contributed by atoms with Crippen LogP contribution in [0.3, 0.4) is 0 Å². The van der Waals surface area contributed by atoms with Crippen molar-refractivity contribution in [2.45, 2.75) is 32.6 Å². The lowest BCUT2D eigenvalue weighted by atomic mass is 10.0. The molecular formula is C13H28N2O. The van der Waals surface area contributed by atoms with Crippen molar-refractivity contribution in [3.8, 4) is 0 Å². The highest BCUT2D eigenvalue weighted by Crippen LogP contribution is 2.14. The predicted molar refractivity (Wildman–Crippen MR) is 68.8 cm³/mol. The highest BCUT2D eigenvalue weighted by Gasteiger charge is 2.15. The third kappa shape index (κ3) is 6.46. The minimum atomic E-state index is 0.766. The van der Waals surface area contributed by atoms with Crippen molar-refractivity contribution in [3.63, 3.8) is 0 Å². The normalized spacial score (nSPS) is 21.6. The number of nitrogens with zero attached hydrogens (tertiary/aromatic N) is 1. The summed E-state index contributed by atoms with van der Waals surface area (Å²) in [6, 6.07) is 0. The molecule has 1 aliphatic heterocycles. The Hall–Kier alpha value is -0.120. The summed E-state index contributed by atoms with van der Waals surface area (Å²) < 4.78 is 5.50. The summed E-state index contributed by atoms with van der Waals surface area (Å²) in [6.45, 7) is 8.86. The quantitative estimate of drug-likeness (QED) is 0.640. The Labute approximate surface area is 101 Å². The standard InChI is InChI=1S/C13H28N2O/c1-3-7-14-8-5-9-15(2)11-13-6-4-10-16-12-13/h13-14H,3-12H2,1-2H3. The van der Waals surface area contributed by atoms with Crippen LogP contribution in [0.2, 0.25) is 0 Å². The summed E-state index contributed by atoms with van der Waals surface area (Å²) in [5.41, 5.74) is 0. The van der Waals surface area contributed by atoms with Crippen molar-refractivity contribution >= 4 is 0 Å². The van der Waals surface area contributed by atoms with Gasteiger partial charge >= 0.3 is 0 Å². The van der Waals surface area contributed by atoms with Gasteiger partial charge in [0.25, 0.3) is 0 Å². The van der Waals surface area contributed by atoms with Gasteiger partial charge in [-0.2, -0.15) is 0 Å². The molecule has 0 amide bonds. The number of nitrogens with one attached hydrogen (secondary N) is 1. The first-order valence-corrected chi connectivity index (χ1v) is 6.80. The molecule has 1 fully saturated rings. The van der Waals surface area contributed by atoms with E-state index in [1.807, 2.05) is 0 Å². The zero-order chi connectivity index (χ0) is 11.6. The number of hydrogen-bond donors (Lipinski definition) is 1. The van der Waals surface area contributed by atoms with E-state index in [2.05, 4.69) is 24.2 Å². The predicted octanol–water partition coefficient (Wildman–Crippen LogP) is 1.73. The molecule has 3 nitrogen and oxygen atoms in total. The van der Waals surface area contributed by atoms with Crippen molar-refractivity contribution in [1.29, 1.82) is 0 Å². The van der Waals surface area contributed by atoms with Gasteiger partial charge < -0.3 is 15.0 Å². The maximum absolute atomic E-state index is 5.50. The second kappa shape index (κ2) is 8.97. The van der Waals surface area contributed by atoms with E-state index in [9.17, 15) is 0 Å². The Morgan fingerprint density at radius 3 is 2.94 bits per heavy atom. The molecule has 1 unspecified atom stereocenters. The van der Waals surface area contributed by atoms with Gasteiger partial charge in [0.1, 0.15) is 0 Å². The van der Waals surface area contributed by atoms with E-state index in [4.69, 9.17) is 4.74 Å². The zero-order valence-electron chi connectivity index (χ0n) is 11.0. The maximum atomic E-state index is 5.50. The van der Waals surface area contributed by atoms with Crippen LogP contribution in [0.15, 0.2) is 0 Å². The van der Waals surface area contributed by atoms with Gasteiger partial charge in [0, 0.05) is 13.2 Å². The van der Waals surface area contributed by atoms with Gasteiger partial charge in [-0.15, -0.1) is 0 Å². The van der Waals surface area contributed by atoms with E-state index < -0.39 is 0 Å². The average Bonchev–Trinajstić information content (AvgIpc) is 2.30. The molecule has 1 N–H and O–H groups in total. The van der Waals surface area contributed by atoms with Crippen LogP contribution >= 0.6 is 0 Å². The third-order valence-electron chi connectivity index (χ3n) is 3.14. The van der Waals surface area contributed by atoms with Crippen molar-refractivity contribution in [2.75, 3.05) is 46.4 Å². The first kappa shape index (κ1) is 13.9. The monoisotopic (exact) mass is 228 g/mol. The van der Waals surface area contributed by atoms with E-state index in [-0.39, 0.29) is 0 Å². The molecule has 1 heterocycles. The second-order valence-corrected chi connectivity index (χ2v) is 4.95. The molecule has 0 aromatic rings. The molecule has 0 aromatic heterocycles. The molecule has 96 valence electrons. The Balaban J connectivity index is 1.95. The van der Waals surface area contributed by atoms with Crippen molar-refractivity contribution in [2.24, 2.45) is 5.92 Å². The fourth-order valence-corrected chi connectivity index (χ4v) is 2.26. The fraction of sp³-hybridized carbons (Fsp3) is 1.00. The van der Waals surface area contributed by atoms with Crippen LogP contribution in [0.25, 0.3) is 0 Å². The molecule has 0 spiro atoms. The van der Waals surface area contributed by atoms with Crippen molar-refractivity contribution < 1.29 is 4.74 Å². The second-order valence-electron chi connectivity index (χ2n) is 4.95. The highest BCUT2D eigenvalue weighted by atomic mass is 16.5. The lowest BCUT2D eigenvalue weighted by Gasteiger charge is -2.27. The van der Waals surface area contributed by atoms with E-state index in [1.165, 1.54) is 38.8 Å². The number of hydrogen-bond acceptors (Lipinski definition) is 3. The van der Waals surface area contributed by atoms with E-state index >= 15 is 0 Å². The van der Waals surface area contributed by atoms with Gasteiger partial charge in [-0.05, 0) is 58.3 Å². The van der Waals surface area contributed by atoms with Crippen LogP contribution in [0, 0.1) is 5.92 Å². The first-order chi connectivity index (χ1) is 7.83. The topological polar surface area (TPSA) is 24.5 Å². The van der Waals surface area contributed by atoms with E-state index in [1.54, 1.807) is 0 Å². The summed E-state index contributed by atoms with van der Waals surface area (Å²) in [7, 11) is 2.23. The first-order valence-electron chi connectivity index (χ1n) is 6.80. The smallest absolute Gasteiger partial charge is 0.0506 e. The molecule has 1 atom stereocenters. The minimum Gasteiger partial charge on any atom is -0.381 e. The summed E-state index contributed by atoms with van der Waals surface area (Å²) in [6.07, 6.45) is 5.08. The van der Waals surface area contributed by atoms with E-state index in [0.717, 1.165) is 32.2 Å². The Bertz CT molecular complexity index is 158. The molecule has 0 aromatic carbocycles. The summed E-state index contributed by atoms with van der Waals surface area (Å²) in [4.78, 5) is 2.45. The molecular weight excluding hydrogens is 200 g/mol. The Morgan fingerprint density at radius 1 is 1.38 bits per heavy atom. The van der Waals surface area contributed by atoms with Gasteiger partial charge in [-0.3, -0.25) is 0 Å². The highest BCUT2D eigenvalue weighted by molar-refractivity contribution is 4.67. The third-order valence-corrected chi connectivity index (χ3v) is 3.14. The lowest BCUT2D eigenvalue weighted by molar-refractivity contribution is 0.0420. The molecule has 1 rings (SSSR count).